The van der Waals surface area contributed by atoms with Crippen LogP contribution in [0.15, 0.2) is 52.2 Å². The Labute approximate surface area is 121 Å². The van der Waals surface area contributed by atoms with Crippen molar-refractivity contribution < 1.29 is 14.0 Å². The van der Waals surface area contributed by atoms with Crippen molar-refractivity contribution in [2.75, 3.05) is 5.32 Å². The van der Waals surface area contributed by atoms with Gasteiger partial charge < -0.3 is 9.73 Å². The summed E-state index contributed by atoms with van der Waals surface area (Å²) in [6.45, 7) is 3.18. The molecule has 21 heavy (non-hydrogen) atoms. The zero-order valence-corrected chi connectivity index (χ0v) is 11.7. The van der Waals surface area contributed by atoms with E-state index in [0.717, 1.165) is 5.56 Å². The summed E-state index contributed by atoms with van der Waals surface area (Å²) in [5.74, 6) is -0.282. The lowest BCUT2D eigenvalue weighted by Gasteiger charge is -2.05. The van der Waals surface area contributed by atoms with Crippen molar-refractivity contribution in [3.8, 4) is 0 Å². The van der Waals surface area contributed by atoms with Crippen molar-refractivity contribution >= 4 is 23.2 Å². The van der Waals surface area contributed by atoms with Gasteiger partial charge in [-0.3, -0.25) is 9.59 Å². The molecule has 2 N–H and O–H groups in total. The van der Waals surface area contributed by atoms with Crippen LogP contribution < -0.4 is 10.7 Å². The zero-order valence-electron chi connectivity index (χ0n) is 11.7. The second-order valence-electron chi connectivity index (χ2n) is 4.37. The summed E-state index contributed by atoms with van der Waals surface area (Å²) in [6.07, 6.45) is 1.44. The van der Waals surface area contributed by atoms with Crippen molar-refractivity contribution in [2.24, 2.45) is 5.10 Å². The van der Waals surface area contributed by atoms with E-state index in [2.05, 4.69) is 15.8 Å². The number of furan rings is 1. The summed E-state index contributed by atoms with van der Waals surface area (Å²) in [4.78, 5) is 22.6. The van der Waals surface area contributed by atoms with Crippen LogP contribution in [0.1, 0.15) is 30.0 Å². The molecule has 2 amide bonds. The van der Waals surface area contributed by atoms with E-state index in [0.29, 0.717) is 11.4 Å². The highest BCUT2D eigenvalue weighted by Gasteiger charge is 2.08. The molecule has 0 aliphatic carbocycles. The van der Waals surface area contributed by atoms with Crippen LogP contribution in [-0.2, 0) is 4.79 Å². The summed E-state index contributed by atoms with van der Waals surface area (Å²) in [5, 5.41) is 6.66. The Morgan fingerprint density at radius 1 is 1.10 bits per heavy atom. The molecular formula is C15H15N3O3. The van der Waals surface area contributed by atoms with Gasteiger partial charge in [0.15, 0.2) is 5.76 Å². The van der Waals surface area contributed by atoms with Crippen LogP contribution in [0.3, 0.4) is 0 Å². The predicted molar refractivity (Wildman–Crippen MR) is 79.1 cm³/mol. The van der Waals surface area contributed by atoms with E-state index in [4.69, 9.17) is 4.42 Å². The van der Waals surface area contributed by atoms with E-state index in [1.54, 1.807) is 43.3 Å². The zero-order chi connectivity index (χ0) is 15.2. The largest absolute Gasteiger partial charge is 0.459 e. The van der Waals surface area contributed by atoms with Crippen LogP contribution >= 0.6 is 0 Å². The molecule has 1 aromatic carbocycles. The molecule has 0 spiro atoms. The smallest absolute Gasteiger partial charge is 0.291 e. The number of carbonyl (C=O) groups excluding carboxylic acids is 2. The minimum absolute atomic E-state index is 0.225. The van der Waals surface area contributed by atoms with Crippen molar-refractivity contribution in [3.05, 3.63) is 54.0 Å². The number of nitrogens with zero attached hydrogens (tertiary/aromatic N) is 1. The Morgan fingerprint density at radius 3 is 2.38 bits per heavy atom. The minimum atomic E-state index is -0.309. The summed E-state index contributed by atoms with van der Waals surface area (Å²) in [6, 6.07) is 10.4. The Hall–Kier alpha value is -2.89. The van der Waals surface area contributed by atoms with Gasteiger partial charge in [0.1, 0.15) is 0 Å². The predicted octanol–water partition coefficient (Wildman–Crippen LogP) is 2.39. The lowest BCUT2D eigenvalue weighted by atomic mass is 10.1. The van der Waals surface area contributed by atoms with E-state index < -0.39 is 0 Å². The van der Waals surface area contributed by atoms with Gasteiger partial charge in [0.25, 0.3) is 5.91 Å². The second kappa shape index (κ2) is 6.51. The van der Waals surface area contributed by atoms with E-state index >= 15 is 0 Å². The molecule has 0 radical (unpaired) electrons. The minimum Gasteiger partial charge on any atom is -0.459 e. The molecule has 0 unspecified atom stereocenters. The average molecular weight is 285 g/mol. The Morgan fingerprint density at radius 2 is 1.81 bits per heavy atom. The molecule has 0 aliphatic heterocycles. The highest BCUT2D eigenvalue weighted by molar-refractivity contribution is 6.03. The monoisotopic (exact) mass is 285 g/mol. The number of hydrazone groups is 1. The Kier molecular flexibility index (Phi) is 4.50. The van der Waals surface area contributed by atoms with Crippen molar-refractivity contribution in [2.45, 2.75) is 13.8 Å². The first-order chi connectivity index (χ1) is 10.1. The molecule has 0 aliphatic rings. The van der Waals surface area contributed by atoms with Gasteiger partial charge in [0.05, 0.1) is 12.0 Å². The first-order valence-electron chi connectivity index (χ1n) is 6.32. The number of rotatable bonds is 4. The number of nitrogens with one attached hydrogen (secondary N) is 2. The molecule has 6 heteroatoms. The maximum atomic E-state index is 11.8. The van der Waals surface area contributed by atoms with Crippen LogP contribution in [0.25, 0.3) is 0 Å². The number of anilines is 1. The second-order valence-corrected chi connectivity index (χ2v) is 4.37. The maximum absolute atomic E-state index is 11.8. The number of carbonyl (C=O) groups is 2. The Balaban J connectivity index is 2.03. The molecule has 1 aromatic heterocycles. The van der Waals surface area contributed by atoms with Gasteiger partial charge in [-0.05, 0) is 36.8 Å². The highest BCUT2D eigenvalue weighted by atomic mass is 16.3. The SMILES string of the molecule is CC(=O)N/N=C(\C)c1ccc(NC(=O)c2ccco2)cc1. The molecule has 2 rings (SSSR count). The molecule has 1 heterocycles. The summed E-state index contributed by atoms with van der Waals surface area (Å²) >= 11 is 0. The molecule has 108 valence electrons. The lowest BCUT2D eigenvalue weighted by molar-refractivity contribution is -0.118. The van der Waals surface area contributed by atoms with Gasteiger partial charge in [-0.15, -0.1) is 0 Å². The summed E-state index contributed by atoms with van der Waals surface area (Å²) in [7, 11) is 0. The van der Waals surface area contributed by atoms with E-state index in [1.165, 1.54) is 13.2 Å². The number of amides is 2. The highest BCUT2D eigenvalue weighted by Crippen LogP contribution is 2.12. The fraction of sp³-hybridized carbons (Fsp3) is 0.133. The summed E-state index contributed by atoms with van der Waals surface area (Å²) in [5.41, 5.74) is 4.54. The van der Waals surface area contributed by atoms with Crippen LogP contribution in [0, 0.1) is 0 Å². The molecule has 6 nitrogen and oxygen atoms in total. The van der Waals surface area contributed by atoms with Crippen LogP contribution in [0.4, 0.5) is 5.69 Å². The van der Waals surface area contributed by atoms with Crippen LogP contribution in [-0.4, -0.2) is 17.5 Å². The Bertz CT molecular complexity index is 658. The number of hydrogen-bond acceptors (Lipinski definition) is 4. The first kappa shape index (κ1) is 14.5. The molecule has 0 saturated heterocycles. The lowest BCUT2D eigenvalue weighted by Crippen LogP contribution is -2.15. The quantitative estimate of drug-likeness (QED) is 0.668. The molecule has 0 bridgehead atoms. The van der Waals surface area contributed by atoms with Crippen LogP contribution in [0.2, 0.25) is 0 Å². The fourth-order valence-corrected chi connectivity index (χ4v) is 1.62. The van der Waals surface area contributed by atoms with E-state index in [9.17, 15) is 9.59 Å². The number of hydrogen-bond donors (Lipinski definition) is 2. The standard InChI is InChI=1S/C15H15N3O3/c1-10(17-18-11(2)19)12-5-7-13(8-6-12)16-15(20)14-4-3-9-21-14/h3-9H,1-2H3,(H,16,20)(H,18,19)/b17-10+. The maximum Gasteiger partial charge on any atom is 0.291 e. The average Bonchev–Trinajstić information content (AvgIpc) is 3.00. The van der Waals surface area contributed by atoms with Crippen molar-refractivity contribution in [1.29, 1.82) is 0 Å². The normalized spacial score (nSPS) is 11.0. The van der Waals surface area contributed by atoms with Gasteiger partial charge >= 0.3 is 0 Å². The van der Waals surface area contributed by atoms with Gasteiger partial charge in [-0.2, -0.15) is 5.10 Å². The fourth-order valence-electron chi connectivity index (χ4n) is 1.62. The topological polar surface area (TPSA) is 83.7 Å². The summed E-state index contributed by atoms with van der Waals surface area (Å²) < 4.78 is 5.01. The van der Waals surface area contributed by atoms with E-state index in [-0.39, 0.29) is 17.6 Å². The van der Waals surface area contributed by atoms with Gasteiger partial charge in [0, 0.05) is 12.6 Å². The van der Waals surface area contributed by atoms with Gasteiger partial charge in [-0.1, -0.05) is 12.1 Å². The third-order valence-electron chi connectivity index (χ3n) is 2.69. The molecular weight excluding hydrogens is 270 g/mol. The first-order valence-corrected chi connectivity index (χ1v) is 6.32. The third-order valence-corrected chi connectivity index (χ3v) is 2.69. The van der Waals surface area contributed by atoms with Gasteiger partial charge in [0.2, 0.25) is 5.91 Å². The van der Waals surface area contributed by atoms with Crippen LogP contribution in [0.5, 0.6) is 0 Å². The third kappa shape index (κ3) is 4.04. The molecule has 0 atom stereocenters. The molecule has 2 aromatic rings. The van der Waals surface area contributed by atoms with E-state index in [1.807, 2.05) is 0 Å². The van der Waals surface area contributed by atoms with Crippen molar-refractivity contribution in [1.82, 2.24) is 5.43 Å². The van der Waals surface area contributed by atoms with Crippen molar-refractivity contribution in [3.63, 3.8) is 0 Å². The molecule has 0 fully saturated rings. The molecule has 0 saturated carbocycles. The van der Waals surface area contributed by atoms with Gasteiger partial charge in [-0.25, -0.2) is 5.43 Å². The number of benzene rings is 1.